The maximum Gasteiger partial charge on any atom is 0.404 e. The van der Waals surface area contributed by atoms with Crippen molar-refractivity contribution in [3.63, 3.8) is 0 Å². The second kappa shape index (κ2) is 35.4. The number of aromatic amines is 2. The van der Waals surface area contributed by atoms with Gasteiger partial charge in [0.2, 0.25) is 30.1 Å². The predicted octanol–water partition coefficient (Wildman–Crippen LogP) is 11.6. The fraction of sp³-hybridized carbons (Fsp3) is 0.492. The third kappa shape index (κ3) is 21.4. The van der Waals surface area contributed by atoms with Crippen LogP contribution in [0.5, 0.6) is 0 Å². The largest absolute Gasteiger partial charge is 0.453 e. The molecule has 10 rings (SSSR count). The van der Waals surface area contributed by atoms with E-state index in [4.69, 9.17) is 16.4 Å². The topological polar surface area (TPSA) is 203 Å². The summed E-state index contributed by atoms with van der Waals surface area (Å²) in [5.41, 5.74) is 14.8. The number of carbonyl (C=O) groups excluding carboxylic acids is 4. The van der Waals surface area contributed by atoms with Crippen molar-refractivity contribution in [3.8, 4) is 72.2 Å². The van der Waals surface area contributed by atoms with Gasteiger partial charge in [-0.1, -0.05) is 74.0 Å². The van der Waals surface area contributed by atoms with Gasteiger partial charge in [0.1, 0.15) is 10.8 Å². The number of carbonyl (C=O) groups is 4. The molecular formula is C59H79ClF4N8O6. The minimum atomic E-state index is -2.48. The molecule has 4 aliphatic carbocycles. The van der Waals surface area contributed by atoms with Gasteiger partial charge in [0.05, 0.1) is 31.7 Å². The molecule has 6 atom stereocenters. The molecule has 6 fully saturated rings. The molecule has 5 unspecified atom stereocenters. The second-order valence-corrected chi connectivity index (χ2v) is 19.4. The maximum absolute atomic E-state index is 13.0. The lowest BCUT2D eigenvalue weighted by molar-refractivity contribution is -0.134. The minimum Gasteiger partial charge on any atom is -0.453 e. The summed E-state index contributed by atoms with van der Waals surface area (Å²) in [5, 5.41) is 0.557. The van der Waals surface area contributed by atoms with Gasteiger partial charge in [-0.3, -0.25) is 14.4 Å². The summed E-state index contributed by atoms with van der Waals surface area (Å²) in [7, 11) is 4.47. The monoisotopic (exact) mass is 1110 g/mol. The quantitative estimate of drug-likeness (QED) is 0.0605. The molecular weight excluding hydrogens is 1030 g/mol. The number of hydrogen-bond acceptors (Lipinski definition) is 8. The van der Waals surface area contributed by atoms with Crippen LogP contribution in [0.1, 0.15) is 90.9 Å². The van der Waals surface area contributed by atoms with Crippen LogP contribution in [-0.2, 0) is 23.9 Å². The number of amides is 4. The minimum absolute atomic E-state index is 0.0343. The van der Waals surface area contributed by atoms with Gasteiger partial charge in [0.15, 0.2) is 0 Å². The molecule has 6 aliphatic rings. The van der Waals surface area contributed by atoms with Crippen LogP contribution in [0.3, 0.4) is 0 Å². The van der Waals surface area contributed by atoms with Gasteiger partial charge in [0.25, 0.3) is 0 Å². The summed E-state index contributed by atoms with van der Waals surface area (Å²) in [6.45, 7) is 12.2. The second-order valence-electron chi connectivity index (χ2n) is 19.0. The van der Waals surface area contributed by atoms with E-state index in [9.17, 15) is 31.9 Å². The number of primary amides is 2. The summed E-state index contributed by atoms with van der Waals surface area (Å²) in [5.74, 6) is -1.39. The molecule has 4 heterocycles. The number of nitrogens with two attached hydrogens (primary N) is 2. The highest BCUT2D eigenvalue weighted by atomic mass is 35.5. The van der Waals surface area contributed by atoms with Gasteiger partial charge in [-0.2, -0.15) is 0 Å². The number of benzene rings is 2. The van der Waals surface area contributed by atoms with Crippen molar-refractivity contribution < 1.29 is 46.2 Å². The summed E-state index contributed by atoms with van der Waals surface area (Å²) in [6, 6.07) is 17.5. The lowest BCUT2D eigenvalue weighted by atomic mass is 9.84. The van der Waals surface area contributed by atoms with Crippen LogP contribution in [0.4, 0.5) is 22.4 Å². The summed E-state index contributed by atoms with van der Waals surface area (Å²) in [4.78, 5) is 60.6. The highest BCUT2D eigenvalue weighted by molar-refractivity contribution is 6.31. The number of piperidine rings is 2. The van der Waals surface area contributed by atoms with Gasteiger partial charge in [-0.25, -0.2) is 32.3 Å². The number of rotatable bonds is 7. The molecule has 2 saturated heterocycles. The molecule has 0 spiro atoms. The van der Waals surface area contributed by atoms with E-state index in [0.29, 0.717) is 67.6 Å². The molecule has 78 heavy (non-hydrogen) atoms. The van der Waals surface area contributed by atoms with Crippen LogP contribution in [0.2, 0.25) is 5.15 Å². The number of terminal acetylenes is 3. The first-order chi connectivity index (χ1) is 37.4. The van der Waals surface area contributed by atoms with Crippen LogP contribution < -0.4 is 11.5 Å². The molecule has 19 heteroatoms. The summed E-state index contributed by atoms with van der Waals surface area (Å²) < 4.78 is 60.3. The van der Waals surface area contributed by atoms with Crippen molar-refractivity contribution >= 4 is 35.9 Å². The number of nitrogens with zero attached hydrogens (tertiary/aromatic N) is 4. The zero-order valence-corrected chi connectivity index (χ0v) is 46.4. The fourth-order valence-corrected chi connectivity index (χ4v) is 10.5. The Balaban J connectivity index is 0.000000507. The van der Waals surface area contributed by atoms with Crippen LogP contribution in [0.25, 0.3) is 33.6 Å². The van der Waals surface area contributed by atoms with Gasteiger partial charge < -0.3 is 40.7 Å². The molecule has 0 radical (unpaired) electrons. The van der Waals surface area contributed by atoms with E-state index < -0.39 is 17.9 Å². The Morgan fingerprint density at radius 2 is 1.04 bits per heavy atom. The highest BCUT2D eigenvalue weighted by Crippen LogP contribution is 2.52. The zero-order valence-electron chi connectivity index (χ0n) is 45.6. The molecule has 6 N–H and O–H groups in total. The first-order valence-electron chi connectivity index (χ1n) is 25.5. The van der Waals surface area contributed by atoms with Gasteiger partial charge in [-0.05, 0) is 90.7 Å². The standard InChI is InChI=1S/C18H13ClN4.2C14H21F2NO.C2H5NO2.C2H6O.C2H4.3C2H2.CH3NO/c19-18-17(22-11-23-18)15-7-3-13(4-8-15)12-1-5-14(6-2-12)16-9-20-10-21-16;2*1-9-11-4-7-17(13(9)11)12(18)8-10-2-5-14(15,16)6-3-10;1-5-2(3)4;1-3-2;4*1-2;2-1-3/h1-11H,(H,20,21)(H,22,23);2*9-11,13H,2-8H2,1H3;1H3,(H2,3,4);1-2H3;1-2H2;3*1-2H;1H,(H2,2,3)/t;9-,11?,13?;;;;;;;;/m.1......../s1. The van der Waals surface area contributed by atoms with Crippen molar-refractivity contribution in [3.05, 3.63) is 85.7 Å². The summed E-state index contributed by atoms with van der Waals surface area (Å²) >= 11 is 6.07. The van der Waals surface area contributed by atoms with Crippen molar-refractivity contribution in [2.24, 2.45) is 47.0 Å². The molecule has 14 nitrogen and oxygen atoms in total. The Bertz CT molecular complexity index is 2330. The Hall–Kier alpha value is -7.07. The maximum atomic E-state index is 13.0. The molecule has 4 saturated carbocycles. The number of halogens is 5. The first-order valence-corrected chi connectivity index (χ1v) is 25.9. The number of H-pyrrole nitrogens is 2. The highest BCUT2D eigenvalue weighted by Gasteiger charge is 2.57. The average Bonchev–Trinajstić information content (AvgIpc) is 3.93. The van der Waals surface area contributed by atoms with Gasteiger partial charge in [0, 0.05) is 83.5 Å². The zero-order chi connectivity index (χ0) is 59.2. The van der Waals surface area contributed by atoms with Crippen LogP contribution in [-0.4, -0.2) is 112 Å². The first kappa shape index (κ1) is 68.9. The molecule has 2 aromatic heterocycles. The molecule has 2 aromatic carbocycles. The number of imidazole rings is 2. The number of hydrogen-bond donors (Lipinski definition) is 4. The normalized spacial score (nSPS) is 21.9. The Labute approximate surface area is 464 Å². The number of alkyl halides is 4. The predicted molar refractivity (Wildman–Crippen MR) is 301 cm³/mol. The average molecular weight is 1110 g/mol. The van der Waals surface area contributed by atoms with E-state index in [1.807, 2.05) is 28.1 Å². The Kier molecular flexibility index (Phi) is 31.3. The number of methoxy groups -OCH3 is 2. The molecule has 2 aliphatic heterocycles. The van der Waals surface area contributed by atoms with Gasteiger partial charge in [-0.15, -0.1) is 51.7 Å². The van der Waals surface area contributed by atoms with Crippen LogP contribution >= 0.6 is 11.6 Å². The van der Waals surface area contributed by atoms with Crippen molar-refractivity contribution in [1.82, 2.24) is 29.7 Å². The molecule has 4 aromatic rings. The number of fused-ring (bicyclic) bond motifs is 2. The number of aromatic nitrogens is 4. The summed E-state index contributed by atoms with van der Waals surface area (Å²) in [6.07, 6.45) is 33.8. The lowest BCUT2D eigenvalue weighted by Gasteiger charge is -2.29. The third-order valence-corrected chi connectivity index (χ3v) is 14.7. The van der Waals surface area contributed by atoms with E-state index in [0.717, 1.165) is 71.4 Å². The SMILES string of the molecule is C#C.C#C.C#C.C=C.CC1C2CCN(C(=O)CC3CCC(F)(F)CC3)C12.COC.COC(N)=O.C[C@@H]1C2CCN(C(=O)CC3CCC(F)(F)CC3)C21.Clc1[nH]cnc1-c1ccc(-c2ccc(-c3cnc[nH]3)cc2)cc1.NC=O. The smallest absolute Gasteiger partial charge is 0.404 e. The lowest BCUT2D eigenvalue weighted by Crippen LogP contribution is -2.35. The Morgan fingerprint density at radius 3 is 1.32 bits per heavy atom. The Morgan fingerprint density at radius 1 is 0.692 bits per heavy atom. The van der Waals surface area contributed by atoms with Crippen LogP contribution in [0.15, 0.2) is 80.5 Å². The van der Waals surface area contributed by atoms with Crippen LogP contribution in [0, 0.1) is 74.0 Å². The number of likely N-dealkylation sites (tertiary alicyclic amines) is 2. The van der Waals surface area contributed by atoms with Crippen molar-refractivity contribution in [2.45, 2.75) is 115 Å². The molecule has 4 amide bonds. The fourth-order valence-electron chi connectivity index (χ4n) is 10.3. The number of nitrogens with one attached hydrogen (secondary N) is 2. The van der Waals surface area contributed by atoms with Gasteiger partial charge >= 0.3 is 6.09 Å². The van der Waals surface area contributed by atoms with Crippen molar-refractivity contribution in [2.75, 3.05) is 34.4 Å². The van der Waals surface area contributed by atoms with Crippen molar-refractivity contribution in [1.29, 1.82) is 0 Å². The molecule has 0 bridgehead atoms. The van der Waals surface area contributed by atoms with E-state index in [-0.39, 0.29) is 55.7 Å². The van der Waals surface area contributed by atoms with E-state index in [2.05, 4.69) is 143 Å². The van der Waals surface area contributed by atoms with E-state index >= 15 is 0 Å². The number of ether oxygens (including phenoxy) is 2. The van der Waals surface area contributed by atoms with E-state index in [1.54, 1.807) is 26.9 Å². The van der Waals surface area contributed by atoms with E-state index in [1.165, 1.54) is 7.11 Å². The third-order valence-electron chi connectivity index (χ3n) is 14.4. The molecule has 426 valence electrons.